The first-order valence-electron chi connectivity index (χ1n) is 10.8. The molecule has 2 aliphatic rings. The Labute approximate surface area is 195 Å². The summed E-state index contributed by atoms with van der Waals surface area (Å²) in [6, 6.07) is 29.0. The van der Waals surface area contributed by atoms with E-state index in [1.807, 2.05) is 84.9 Å². The van der Waals surface area contributed by atoms with Gasteiger partial charge in [-0.05, 0) is 11.6 Å². The lowest BCUT2D eigenvalue weighted by molar-refractivity contribution is -0.121. The summed E-state index contributed by atoms with van der Waals surface area (Å²) >= 11 is 0. The number of aromatic nitrogens is 2. The Kier molecular flexibility index (Phi) is 4.29. The van der Waals surface area contributed by atoms with Gasteiger partial charge in [-0.3, -0.25) is 9.89 Å². The summed E-state index contributed by atoms with van der Waals surface area (Å²) in [5, 5.41) is 17.6. The number of para-hydroxylation sites is 1. The van der Waals surface area contributed by atoms with E-state index in [1.165, 1.54) is 0 Å². The van der Waals surface area contributed by atoms with E-state index >= 15 is 0 Å². The fraction of sp³-hybridized carbons (Fsp3) is 0.0741. The van der Waals surface area contributed by atoms with Crippen molar-refractivity contribution in [2.45, 2.75) is 12.0 Å². The average Bonchev–Trinajstić information content (AvgIpc) is 3.40. The minimum absolute atomic E-state index is 0.0617. The van der Waals surface area contributed by atoms with Crippen molar-refractivity contribution in [2.75, 3.05) is 4.90 Å². The molecule has 1 amide bonds. The maximum Gasteiger partial charge on any atom is 0.248 e. The van der Waals surface area contributed by atoms with Crippen LogP contribution in [0.25, 0.3) is 11.3 Å². The maximum atomic E-state index is 14.5. The first-order valence-corrected chi connectivity index (χ1v) is 10.8. The number of aromatic amines is 1. The number of benzene rings is 3. The summed E-state index contributed by atoms with van der Waals surface area (Å²) in [5.74, 6) is -0.189. The molecule has 1 atom stereocenters. The summed E-state index contributed by atoms with van der Waals surface area (Å²) in [6.45, 7) is 0.353. The minimum Gasteiger partial charge on any atom is -0.420 e. The Hall–Kier alpha value is -4.83. The number of nitrogens with zero attached hydrogens (tertiary/aromatic N) is 3. The highest BCUT2D eigenvalue weighted by atomic mass is 16.5. The number of H-pyrrole nitrogens is 1. The number of rotatable bonds is 3. The molecule has 0 bridgehead atoms. The van der Waals surface area contributed by atoms with Crippen molar-refractivity contribution in [1.82, 2.24) is 10.2 Å². The fourth-order valence-corrected chi connectivity index (χ4v) is 5.02. The highest BCUT2D eigenvalue weighted by Gasteiger charge is 2.61. The second-order valence-corrected chi connectivity index (χ2v) is 8.24. The van der Waals surface area contributed by atoms with E-state index in [0.717, 1.165) is 16.8 Å². The molecular formula is C27H19N5O2. The SMILES string of the molecule is N#CC1=C(N)Oc2n[nH]c(-c3ccccc3)c2C12C(=O)N(Cc1ccccc1)c1ccccc12. The van der Waals surface area contributed by atoms with Crippen LogP contribution in [0.15, 0.2) is 96.4 Å². The molecule has 0 radical (unpaired) electrons. The van der Waals surface area contributed by atoms with Crippen LogP contribution in [0.1, 0.15) is 16.7 Å². The van der Waals surface area contributed by atoms with Gasteiger partial charge in [0.2, 0.25) is 17.7 Å². The van der Waals surface area contributed by atoms with Crippen LogP contribution in [0, 0.1) is 11.3 Å². The van der Waals surface area contributed by atoms with E-state index in [-0.39, 0.29) is 23.2 Å². The lowest BCUT2D eigenvalue weighted by atomic mass is 9.68. The molecule has 7 heteroatoms. The van der Waals surface area contributed by atoms with Crippen molar-refractivity contribution in [3.8, 4) is 23.2 Å². The van der Waals surface area contributed by atoms with Crippen LogP contribution >= 0.6 is 0 Å². The zero-order valence-electron chi connectivity index (χ0n) is 18.0. The van der Waals surface area contributed by atoms with E-state index in [2.05, 4.69) is 16.3 Å². The van der Waals surface area contributed by atoms with Crippen LogP contribution in [-0.2, 0) is 16.8 Å². The monoisotopic (exact) mass is 445 g/mol. The predicted molar refractivity (Wildman–Crippen MR) is 126 cm³/mol. The van der Waals surface area contributed by atoms with Crippen molar-refractivity contribution in [1.29, 1.82) is 5.26 Å². The minimum atomic E-state index is -1.48. The van der Waals surface area contributed by atoms with Gasteiger partial charge in [0.1, 0.15) is 17.1 Å². The number of carbonyl (C=O) groups excluding carboxylic acids is 1. The Bertz CT molecular complexity index is 1500. The molecule has 3 N–H and O–H groups in total. The number of anilines is 1. The zero-order valence-corrected chi connectivity index (χ0v) is 18.0. The molecule has 0 aliphatic carbocycles. The molecule has 34 heavy (non-hydrogen) atoms. The number of ether oxygens (including phenoxy) is 1. The molecule has 3 heterocycles. The van der Waals surface area contributed by atoms with Crippen molar-refractivity contribution < 1.29 is 9.53 Å². The van der Waals surface area contributed by atoms with Gasteiger partial charge in [0.05, 0.1) is 17.8 Å². The van der Waals surface area contributed by atoms with Crippen molar-refractivity contribution >= 4 is 11.6 Å². The van der Waals surface area contributed by atoms with Crippen molar-refractivity contribution in [3.63, 3.8) is 0 Å². The van der Waals surface area contributed by atoms with E-state index in [9.17, 15) is 10.1 Å². The van der Waals surface area contributed by atoms with Crippen LogP contribution in [0.2, 0.25) is 0 Å². The Morgan fingerprint density at radius 2 is 1.68 bits per heavy atom. The summed E-state index contributed by atoms with van der Waals surface area (Å²) < 4.78 is 5.76. The van der Waals surface area contributed by atoms with Crippen LogP contribution in [-0.4, -0.2) is 16.1 Å². The molecule has 164 valence electrons. The highest BCUT2D eigenvalue weighted by molar-refractivity contribution is 6.15. The Balaban J connectivity index is 1.65. The molecule has 7 nitrogen and oxygen atoms in total. The standard InChI is InChI=1S/C27H19N5O2/c28-15-20-24(29)34-25-22(23(30-31-25)18-11-5-2-6-12-18)27(20)19-13-7-8-14-21(19)32(26(27)33)16-17-9-3-1-4-10-17/h1-14H,16,29H2,(H,30,31). The lowest BCUT2D eigenvalue weighted by Gasteiger charge is -2.32. The van der Waals surface area contributed by atoms with Gasteiger partial charge in [0.15, 0.2) is 0 Å². The molecule has 1 spiro atoms. The molecule has 2 aliphatic heterocycles. The number of fused-ring (bicyclic) bond motifs is 4. The molecule has 0 fully saturated rings. The normalized spacial score (nSPS) is 18.4. The van der Waals surface area contributed by atoms with E-state index < -0.39 is 5.41 Å². The first kappa shape index (κ1) is 19.8. The van der Waals surface area contributed by atoms with Gasteiger partial charge >= 0.3 is 0 Å². The molecule has 1 aromatic heterocycles. The number of hydrogen-bond acceptors (Lipinski definition) is 5. The lowest BCUT2D eigenvalue weighted by Crippen LogP contribution is -2.45. The second kappa shape index (κ2) is 7.36. The second-order valence-electron chi connectivity index (χ2n) is 8.24. The van der Waals surface area contributed by atoms with Gasteiger partial charge < -0.3 is 15.4 Å². The molecular weight excluding hydrogens is 426 g/mol. The van der Waals surface area contributed by atoms with Crippen LogP contribution in [0.5, 0.6) is 5.88 Å². The van der Waals surface area contributed by atoms with Gasteiger partial charge in [-0.15, -0.1) is 5.10 Å². The number of carbonyl (C=O) groups is 1. The molecule has 4 aromatic rings. The zero-order chi connectivity index (χ0) is 23.3. The quantitative estimate of drug-likeness (QED) is 0.496. The average molecular weight is 445 g/mol. The number of amides is 1. The van der Waals surface area contributed by atoms with Crippen LogP contribution < -0.4 is 15.4 Å². The highest BCUT2D eigenvalue weighted by Crippen LogP contribution is 2.57. The van der Waals surface area contributed by atoms with Crippen molar-refractivity contribution in [3.05, 3.63) is 113 Å². The fourth-order valence-electron chi connectivity index (χ4n) is 5.02. The molecule has 1 unspecified atom stereocenters. The summed E-state index contributed by atoms with van der Waals surface area (Å²) in [4.78, 5) is 16.2. The third kappa shape index (κ3) is 2.57. The smallest absolute Gasteiger partial charge is 0.248 e. The van der Waals surface area contributed by atoms with Gasteiger partial charge in [-0.25, -0.2) is 0 Å². The van der Waals surface area contributed by atoms with E-state index in [4.69, 9.17) is 10.5 Å². The van der Waals surface area contributed by atoms with E-state index in [1.54, 1.807) is 4.90 Å². The molecule has 0 saturated carbocycles. The third-order valence-electron chi connectivity index (χ3n) is 6.46. The third-order valence-corrected chi connectivity index (χ3v) is 6.46. The number of nitrogens with two attached hydrogens (primary N) is 1. The number of hydrogen-bond donors (Lipinski definition) is 2. The van der Waals surface area contributed by atoms with Crippen molar-refractivity contribution in [2.24, 2.45) is 5.73 Å². The number of nitrogens with one attached hydrogen (secondary N) is 1. The Morgan fingerprint density at radius 3 is 2.41 bits per heavy atom. The molecule has 6 rings (SSSR count). The van der Waals surface area contributed by atoms with E-state index in [0.29, 0.717) is 23.4 Å². The van der Waals surface area contributed by atoms with Gasteiger partial charge in [0.25, 0.3) is 0 Å². The summed E-state index contributed by atoms with van der Waals surface area (Å²) in [6.07, 6.45) is 0. The Morgan fingerprint density at radius 1 is 1.00 bits per heavy atom. The van der Waals surface area contributed by atoms with Gasteiger partial charge in [-0.2, -0.15) is 5.26 Å². The molecule has 0 saturated heterocycles. The molecule has 3 aromatic carbocycles. The maximum absolute atomic E-state index is 14.5. The van der Waals surface area contributed by atoms with Gasteiger partial charge in [-0.1, -0.05) is 78.9 Å². The number of nitriles is 1. The topological polar surface area (TPSA) is 108 Å². The predicted octanol–water partition coefficient (Wildman–Crippen LogP) is 4.00. The van der Waals surface area contributed by atoms with Crippen LogP contribution in [0.4, 0.5) is 5.69 Å². The van der Waals surface area contributed by atoms with Crippen LogP contribution in [0.3, 0.4) is 0 Å². The summed E-state index contributed by atoms with van der Waals surface area (Å²) in [5.41, 5.74) is 9.13. The summed E-state index contributed by atoms with van der Waals surface area (Å²) in [7, 11) is 0. The first-order chi connectivity index (χ1) is 16.7. The van der Waals surface area contributed by atoms with Gasteiger partial charge in [0, 0.05) is 16.8 Å². The largest absolute Gasteiger partial charge is 0.420 e.